The molecular weight excluding hydrogens is 532 g/mol. The summed E-state index contributed by atoms with van der Waals surface area (Å²) < 4.78 is 32.6. The number of carbonyl (C=O) groups is 2. The maximum Gasteiger partial charge on any atom is 0.326 e. The van der Waals surface area contributed by atoms with Crippen molar-refractivity contribution in [3.8, 4) is 0 Å². The minimum atomic E-state index is -1.15. The Morgan fingerprint density at radius 1 is 1.27 bits per heavy atom. The maximum atomic E-state index is 13.9. The SMILES string of the molecule is COC(CF)CN(CCCCc1ccc2c(n1)NCCC2)CCC(NC(=O)C1(c2cc(F)cnc2C)CC1)C(=O)O. The molecule has 9 nitrogen and oxygen atoms in total. The van der Waals surface area contributed by atoms with Gasteiger partial charge in [-0.2, -0.15) is 0 Å². The molecule has 2 atom stereocenters. The van der Waals surface area contributed by atoms with Crippen molar-refractivity contribution >= 4 is 17.7 Å². The van der Waals surface area contributed by atoms with E-state index in [1.165, 1.54) is 18.7 Å². The van der Waals surface area contributed by atoms with Gasteiger partial charge in [-0.25, -0.2) is 18.6 Å². The molecule has 4 rings (SSSR count). The van der Waals surface area contributed by atoms with E-state index in [4.69, 9.17) is 9.72 Å². The van der Waals surface area contributed by atoms with Crippen molar-refractivity contribution in [3.63, 3.8) is 0 Å². The number of rotatable bonds is 16. The Morgan fingerprint density at radius 3 is 2.78 bits per heavy atom. The molecule has 3 heterocycles. The third-order valence-corrected chi connectivity index (χ3v) is 8.17. The van der Waals surface area contributed by atoms with Crippen LogP contribution in [0.3, 0.4) is 0 Å². The molecule has 1 amide bonds. The number of hydrogen-bond donors (Lipinski definition) is 3. The minimum Gasteiger partial charge on any atom is -0.480 e. The van der Waals surface area contributed by atoms with E-state index in [0.717, 1.165) is 56.4 Å². The molecule has 2 aromatic heterocycles. The second kappa shape index (κ2) is 14.1. The van der Waals surface area contributed by atoms with Crippen molar-refractivity contribution in [3.05, 3.63) is 52.7 Å². The Bertz CT molecular complexity index is 1210. The van der Waals surface area contributed by atoms with E-state index in [2.05, 4.69) is 27.8 Å². The molecule has 1 fully saturated rings. The summed E-state index contributed by atoms with van der Waals surface area (Å²) in [5.41, 5.74) is 2.36. The number of nitrogens with zero attached hydrogens (tertiary/aromatic N) is 3. The van der Waals surface area contributed by atoms with Gasteiger partial charge in [-0.1, -0.05) is 6.07 Å². The Morgan fingerprint density at radius 2 is 2.07 bits per heavy atom. The Balaban J connectivity index is 1.33. The maximum absolute atomic E-state index is 13.9. The molecular formula is C30H41F2N5O4. The number of nitrogens with one attached hydrogen (secondary N) is 2. The molecule has 0 saturated heterocycles. The zero-order valence-corrected chi connectivity index (χ0v) is 23.9. The lowest BCUT2D eigenvalue weighted by atomic mass is 9.93. The molecule has 2 aromatic rings. The van der Waals surface area contributed by atoms with E-state index in [1.807, 2.05) is 4.90 Å². The molecule has 2 unspecified atom stereocenters. The fourth-order valence-electron chi connectivity index (χ4n) is 5.52. The Hall–Kier alpha value is -3.18. The van der Waals surface area contributed by atoms with E-state index in [9.17, 15) is 23.5 Å². The van der Waals surface area contributed by atoms with Crippen molar-refractivity contribution in [2.24, 2.45) is 0 Å². The van der Waals surface area contributed by atoms with Crippen molar-refractivity contribution in [2.45, 2.75) is 75.9 Å². The second-order valence-electron chi connectivity index (χ2n) is 11.1. The third-order valence-electron chi connectivity index (χ3n) is 8.17. The summed E-state index contributed by atoms with van der Waals surface area (Å²) in [4.78, 5) is 36.1. The summed E-state index contributed by atoms with van der Waals surface area (Å²) in [6.07, 6.45) is 6.28. The van der Waals surface area contributed by atoms with Gasteiger partial charge in [-0.3, -0.25) is 9.78 Å². The summed E-state index contributed by atoms with van der Waals surface area (Å²) in [5, 5.41) is 15.9. The number of carboxylic acid groups (broad SMARTS) is 1. The first-order valence-electron chi connectivity index (χ1n) is 14.5. The normalized spacial score (nSPS) is 16.9. The number of carbonyl (C=O) groups excluding carboxylic acids is 1. The first-order valence-corrected chi connectivity index (χ1v) is 14.5. The zero-order valence-electron chi connectivity index (χ0n) is 23.9. The van der Waals surface area contributed by atoms with Crippen LogP contribution in [0.25, 0.3) is 0 Å². The van der Waals surface area contributed by atoms with E-state index >= 15 is 0 Å². The highest BCUT2D eigenvalue weighted by Crippen LogP contribution is 2.49. The number of unbranched alkanes of at least 4 members (excludes halogenated alkanes) is 1. The minimum absolute atomic E-state index is 0.137. The first kappa shape index (κ1) is 30.8. The molecule has 1 aliphatic carbocycles. The number of methoxy groups -OCH3 is 1. The lowest BCUT2D eigenvalue weighted by Crippen LogP contribution is -2.48. The van der Waals surface area contributed by atoms with Crippen LogP contribution < -0.4 is 10.6 Å². The molecule has 41 heavy (non-hydrogen) atoms. The highest BCUT2D eigenvalue weighted by atomic mass is 19.1. The van der Waals surface area contributed by atoms with Crippen LogP contribution in [-0.2, 0) is 32.6 Å². The number of aryl methyl sites for hydroxylation is 3. The fraction of sp³-hybridized carbons (Fsp3) is 0.600. The predicted octanol–water partition coefficient (Wildman–Crippen LogP) is 3.58. The molecule has 1 saturated carbocycles. The lowest BCUT2D eigenvalue weighted by molar-refractivity contribution is -0.142. The summed E-state index contributed by atoms with van der Waals surface area (Å²) in [7, 11) is 1.46. The van der Waals surface area contributed by atoms with Gasteiger partial charge in [0.15, 0.2) is 0 Å². The number of fused-ring (bicyclic) bond motifs is 1. The van der Waals surface area contributed by atoms with Crippen LogP contribution in [-0.4, -0.2) is 84.0 Å². The van der Waals surface area contributed by atoms with Crippen molar-refractivity contribution in [1.29, 1.82) is 0 Å². The standard InChI is InChI=1S/C30H41F2N5O4/c1-20-25(16-22(32)18-34-20)30(11-12-30)29(40)36-26(28(38)39)10-15-37(19-24(17-31)41-2)14-4-3-7-23-9-8-21-6-5-13-33-27(21)35-23/h8-9,16,18,24,26H,3-7,10-15,17,19H2,1-2H3,(H,33,35)(H,36,40)(H,38,39). The molecule has 2 aliphatic rings. The number of anilines is 1. The first-order chi connectivity index (χ1) is 19.8. The molecule has 3 N–H and O–H groups in total. The number of carboxylic acids is 1. The Kier molecular flexibility index (Phi) is 10.6. The number of aromatic nitrogens is 2. The van der Waals surface area contributed by atoms with Gasteiger partial charge in [-0.15, -0.1) is 0 Å². The number of hydrogen-bond acceptors (Lipinski definition) is 7. The highest BCUT2D eigenvalue weighted by molar-refractivity contribution is 5.94. The third kappa shape index (κ3) is 7.97. The molecule has 0 spiro atoms. The van der Waals surface area contributed by atoms with Crippen molar-refractivity contribution in [2.75, 3.05) is 45.3 Å². The Labute approximate surface area is 240 Å². The molecule has 0 radical (unpaired) electrons. The van der Waals surface area contributed by atoms with Gasteiger partial charge in [0.1, 0.15) is 24.4 Å². The number of aliphatic carboxylic acids is 1. The van der Waals surface area contributed by atoms with Crippen molar-refractivity contribution < 1.29 is 28.2 Å². The number of amides is 1. The summed E-state index contributed by atoms with van der Waals surface area (Å²) >= 11 is 0. The summed E-state index contributed by atoms with van der Waals surface area (Å²) in [6, 6.07) is 4.38. The largest absolute Gasteiger partial charge is 0.480 e. The summed E-state index contributed by atoms with van der Waals surface area (Å²) in [5.74, 6) is -1.14. The molecule has 0 aromatic carbocycles. The molecule has 224 valence electrons. The van der Waals surface area contributed by atoms with Crippen LogP contribution in [0.2, 0.25) is 0 Å². The van der Waals surface area contributed by atoms with E-state index < -0.39 is 41.9 Å². The van der Waals surface area contributed by atoms with Crippen LogP contribution >= 0.6 is 0 Å². The lowest BCUT2D eigenvalue weighted by Gasteiger charge is -2.27. The number of alkyl halides is 1. The van der Waals surface area contributed by atoms with Gasteiger partial charge in [0, 0.05) is 38.1 Å². The molecule has 11 heteroatoms. The quantitative estimate of drug-likeness (QED) is 0.261. The average molecular weight is 574 g/mol. The van der Waals surface area contributed by atoms with Gasteiger partial charge in [0.2, 0.25) is 5.91 Å². The highest BCUT2D eigenvalue weighted by Gasteiger charge is 2.53. The van der Waals surface area contributed by atoms with Crippen LogP contribution in [0.5, 0.6) is 0 Å². The average Bonchev–Trinajstić information content (AvgIpc) is 3.78. The van der Waals surface area contributed by atoms with Gasteiger partial charge in [0.05, 0.1) is 17.7 Å². The van der Waals surface area contributed by atoms with E-state index in [0.29, 0.717) is 43.7 Å². The zero-order chi connectivity index (χ0) is 29.4. The molecule has 0 bridgehead atoms. The van der Waals surface area contributed by atoms with Crippen LogP contribution in [0.15, 0.2) is 24.4 Å². The topological polar surface area (TPSA) is 117 Å². The monoisotopic (exact) mass is 573 g/mol. The smallest absolute Gasteiger partial charge is 0.326 e. The van der Waals surface area contributed by atoms with E-state index in [-0.39, 0.29) is 6.42 Å². The van der Waals surface area contributed by atoms with Crippen LogP contribution in [0, 0.1) is 12.7 Å². The van der Waals surface area contributed by atoms with Gasteiger partial charge >= 0.3 is 5.97 Å². The van der Waals surface area contributed by atoms with Crippen molar-refractivity contribution in [1.82, 2.24) is 20.2 Å². The summed E-state index contributed by atoms with van der Waals surface area (Å²) in [6.45, 7) is 3.28. The number of pyridine rings is 2. The van der Waals surface area contributed by atoms with Gasteiger partial charge in [-0.05, 0) is 88.1 Å². The van der Waals surface area contributed by atoms with Gasteiger partial charge in [0.25, 0.3) is 0 Å². The number of halogens is 2. The van der Waals surface area contributed by atoms with Crippen LogP contribution in [0.4, 0.5) is 14.6 Å². The fourth-order valence-corrected chi connectivity index (χ4v) is 5.52. The molecule has 1 aliphatic heterocycles. The van der Waals surface area contributed by atoms with Gasteiger partial charge < -0.3 is 25.4 Å². The van der Waals surface area contributed by atoms with Crippen LogP contribution in [0.1, 0.15) is 61.0 Å². The van der Waals surface area contributed by atoms with E-state index in [1.54, 1.807) is 6.92 Å². The number of ether oxygens (including phenoxy) is 1. The second-order valence-corrected chi connectivity index (χ2v) is 11.1. The predicted molar refractivity (Wildman–Crippen MR) is 151 cm³/mol.